The standard InChI is InChI=1S/C17H24N4O2S/c1-13-10-14(2)21(19-13)12-17(22)18-11-15(16-4-3-9-24-16)20-5-7-23-8-6-20/h3-4,9-10,15H,5-8,11-12H2,1-2H3,(H,18,22)/t15-/m0/s1. The van der Waals surface area contributed by atoms with Gasteiger partial charge in [-0.05, 0) is 31.4 Å². The predicted octanol–water partition coefficient (Wildman–Crippen LogP) is 1.75. The molecule has 1 saturated heterocycles. The second-order valence-electron chi connectivity index (χ2n) is 6.07. The Morgan fingerprint density at radius 2 is 2.21 bits per heavy atom. The van der Waals surface area contributed by atoms with E-state index in [4.69, 9.17) is 4.74 Å². The van der Waals surface area contributed by atoms with Crippen LogP contribution in [0.2, 0.25) is 0 Å². The normalized spacial score (nSPS) is 16.9. The molecule has 2 aromatic rings. The van der Waals surface area contributed by atoms with Gasteiger partial charge in [-0.3, -0.25) is 14.4 Å². The number of carbonyl (C=O) groups excluding carboxylic acids is 1. The maximum atomic E-state index is 12.3. The summed E-state index contributed by atoms with van der Waals surface area (Å²) in [5.74, 6) is -0.00369. The Bertz CT molecular complexity index is 662. The third-order valence-corrected chi connectivity index (χ3v) is 5.22. The van der Waals surface area contributed by atoms with E-state index >= 15 is 0 Å². The lowest BCUT2D eigenvalue weighted by Crippen LogP contribution is -2.44. The maximum absolute atomic E-state index is 12.3. The SMILES string of the molecule is Cc1cc(C)n(CC(=O)NC[C@@H](c2cccs2)N2CCOCC2)n1. The molecule has 130 valence electrons. The zero-order valence-corrected chi connectivity index (χ0v) is 15.0. The van der Waals surface area contributed by atoms with Crippen molar-refractivity contribution < 1.29 is 9.53 Å². The highest BCUT2D eigenvalue weighted by Crippen LogP contribution is 2.25. The summed E-state index contributed by atoms with van der Waals surface area (Å²) in [6, 6.07) is 6.39. The van der Waals surface area contributed by atoms with Gasteiger partial charge in [0.1, 0.15) is 6.54 Å². The van der Waals surface area contributed by atoms with E-state index < -0.39 is 0 Å². The van der Waals surface area contributed by atoms with Crippen LogP contribution in [0.4, 0.5) is 0 Å². The molecule has 2 aromatic heterocycles. The molecule has 0 aliphatic carbocycles. The number of rotatable bonds is 6. The zero-order valence-electron chi connectivity index (χ0n) is 14.2. The van der Waals surface area contributed by atoms with Crippen molar-refractivity contribution in [3.8, 4) is 0 Å². The van der Waals surface area contributed by atoms with Crippen molar-refractivity contribution >= 4 is 17.2 Å². The van der Waals surface area contributed by atoms with Gasteiger partial charge in [-0.15, -0.1) is 11.3 Å². The number of nitrogens with one attached hydrogen (secondary N) is 1. The van der Waals surface area contributed by atoms with Gasteiger partial charge in [0, 0.05) is 30.2 Å². The molecule has 0 spiro atoms. The van der Waals surface area contributed by atoms with Crippen molar-refractivity contribution in [1.82, 2.24) is 20.0 Å². The zero-order chi connectivity index (χ0) is 16.9. The van der Waals surface area contributed by atoms with E-state index in [-0.39, 0.29) is 18.5 Å². The van der Waals surface area contributed by atoms with Gasteiger partial charge in [-0.2, -0.15) is 5.10 Å². The summed E-state index contributed by atoms with van der Waals surface area (Å²) < 4.78 is 7.20. The minimum atomic E-state index is -0.00369. The summed E-state index contributed by atoms with van der Waals surface area (Å²) >= 11 is 1.73. The Hall–Kier alpha value is -1.70. The monoisotopic (exact) mass is 348 g/mol. The molecule has 1 N–H and O–H groups in total. The highest BCUT2D eigenvalue weighted by Gasteiger charge is 2.24. The fourth-order valence-corrected chi connectivity index (χ4v) is 3.88. The van der Waals surface area contributed by atoms with Crippen molar-refractivity contribution in [1.29, 1.82) is 0 Å². The molecule has 0 radical (unpaired) electrons. The van der Waals surface area contributed by atoms with Gasteiger partial charge in [0.25, 0.3) is 0 Å². The van der Waals surface area contributed by atoms with E-state index in [1.54, 1.807) is 16.0 Å². The Balaban J connectivity index is 1.60. The summed E-state index contributed by atoms with van der Waals surface area (Å²) in [6.45, 7) is 8.08. The van der Waals surface area contributed by atoms with E-state index in [1.165, 1.54) is 4.88 Å². The van der Waals surface area contributed by atoms with E-state index in [0.29, 0.717) is 6.54 Å². The van der Waals surface area contributed by atoms with E-state index in [2.05, 4.69) is 32.8 Å². The van der Waals surface area contributed by atoms with E-state index in [9.17, 15) is 4.79 Å². The van der Waals surface area contributed by atoms with Crippen molar-refractivity contribution in [3.63, 3.8) is 0 Å². The molecule has 1 aliphatic rings. The van der Waals surface area contributed by atoms with Crippen molar-refractivity contribution in [2.45, 2.75) is 26.4 Å². The number of carbonyl (C=O) groups is 1. The second kappa shape index (κ2) is 7.92. The quantitative estimate of drug-likeness (QED) is 0.864. The lowest BCUT2D eigenvalue weighted by molar-refractivity contribution is -0.122. The van der Waals surface area contributed by atoms with Gasteiger partial charge >= 0.3 is 0 Å². The third-order valence-electron chi connectivity index (χ3n) is 4.25. The first-order valence-electron chi connectivity index (χ1n) is 8.26. The molecule has 6 nitrogen and oxygen atoms in total. The lowest BCUT2D eigenvalue weighted by Gasteiger charge is -2.34. The first kappa shape index (κ1) is 17.1. The summed E-state index contributed by atoms with van der Waals surface area (Å²) in [7, 11) is 0. The molecule has 3 heterocycles. The van der Waals surface area contributed by atoms with Gasteiger partial charge in [0.2, 0.25) is 5.91 Å². The van der Waals surface area contributed by atoms with Crippen molar-refractivity contribution in [2.24, 2.45) is 0 Å². The first-order chi connectivity index (χ1) is 11.6. The molecule has 0 bridgehead atoms. The number of nitrogens with zero attached hydrogens (tertiary/aromatic N) is 3. The molecule has 7 heteroatoms. The smallest absolute Gasteiger partial charge is 0.241 e. The van der Waals surface area contributed by atoms with Crippen LogP contribution in [-0.2, 0) is 16.1 Å². The number of ether oxygens (including phenoxy) is 1. The number of hydrogen-bond acceptors (Lipinski definition) is 5. The first-order valence-corrected chi connectivity index (χ1v) is 9.14. The number of hydrogen-bond donors (Lipinski definition) is 1. The second-order valence-corrected chi connectivity index (χ2v) is 7.05. The molecular weight excluding hydrogens is 324 g/mol. The Morgan fingerprint density at radius 1 is 1.42 bits per heavy atom. The number of amides is 1. The van der Waals surface area contributed by atoms with Crippen LogP contribution in [0.3, 0.4) is 0 Å². The number of morpholine rings is 1. The minimum absolute atomic E-state index is 0.00369. The highest BCUT2D eigenvalue weighted by molar-refractivity contribution is 7.10. The topological polar surface area (TPSA) is 59.4 Å². The van der Waals surface area contributed by atoms with Crippen LogP contribution in [0, 0.1) is 13.8 Å². The van der Waals surface area contributed by atoms with Gasteiger partial charge in [0.05, 0.1) is 24.9 Å². The Morgan fingerprint density at radius 3 is 2.83 bits per heavy atom. The van der Waals surface area contributed by atoms with Gasteiger partial charge < -0.3 is 10.1 Å². The number of thiophene rings is 1. The molecule has 1 amide bonds. The van der Waals surface area contributed by atoms with Crippen molar-refractivity contribution in [3.05, 3.63) is 39.8 Å². The van der Waals surface area contributed by atoms with Crippen LogP contribution in [-0.4, -0.2) is 53.4 Å². The molecule has 0 aromatic carbocycles. The molecule has 0 saturated carbocycles. The third kappa shape index (κ3) is 4.23. The lowest BCUT2D eigenvalue weighted by atomic mass is 10.2. The molecular formula is C17H24N4O2S. The average Bonchev–Trinajstić information content (AvgIpc) is 3.19. The fourth-order valence-electron chi connectivity index (χ4n) is 3.02. The van der Waals surface area contributed by atoms with Crippen LogP contribution in [0.25, 0.3) is 0 Å². The summed E-state index contributed by atoms with van der Waals surface area (Å²) in [5.41, 5.74) is 1.94. The average molecular weight is 348 g/mol. The molecule has 1 aliphatic heterocycles. The van der Waals surface area contributed by atoms with Crippen molar-refractivity contribution in [2.75, 3.05) is 32.8 Å². The maximum Gasteiger partial charge on any atom is 0.241 e. The van der Waals surface area contributed by atoms with Crippen LogP contribution < -0.4 is 5.32 Å². The summed E-state index contributed by atoms with van der Waals surface area (Å²) in [5, 5.41) is 9.51. The van der Waals surface area contributed by atoms with Gasteiger partial charge in [-0.1, -0.05) is 6.07 Å². The fraction of sp³-hybridized carbons (Fsp3) is 0.529. The van der Waals surface area contributed by atoms with Crippen LogP contribution in [0.1, 0.15) is 22.3 Å². The number of aryl methyl sites for hydroxylation is 2. The van der Waals surface area contributed by atoms with E-state index in [0.717, 1.165) is 37.7 Å². The summed E-state index contributed by atoms with van der Waals surface area (Å²) in [4.78, 5) is 16.0. The molecule has 0 unspecified atom stereocenters. The highest BCUT2D eigenvalue weighted by atomic mass is 32.1. The van der Waals surface area contributed by atoms with Gasteiger partial charge in [0.15, 0.2) is 0 Å². The molecule has 24 heavy (non-hydrogen) atoms. The molecule has 1 atom stereocenters. The Kier molecular flexibility index (Phi) is 5.65. The van der Waals surface area contributed by atoms with E-state index in [1.807, 2.05) is 19.9 Å². The Labute approximate surface area is 146 Å². The van der Waals surface area contributed by atoms with Gasteiger partial charge in [-0.25, -0.2) is 0 Å². The minimum Gasteiger partial charge on any atom is -0.379 e. The predicted molar refractivity (Wildman–Crippen MR) is 94.2 cm³/mol. The van der Waals surface area contributed by atoms with Crippen LogP contribution in [0.5, 0.6) is 0 Å². The number of aromatic nitrogens is 2. The largest absolute Gasteiger partial charge is 0.379 e. The molecule has 3 rings (SSSR count). The van der Waals surface area contributed by atoms with Crippen LogP contribution in [0.15, 0.2) is 23.6 Å². The molecule has 1 fully saturated rings. The van der Waals surface area contributed by atoms with Crippen LogP contribution >= 0.6 is 11.3 Å². The summed E-state index contributed by atoms with van der Waals surface area (Å²) in [6.07, 6.45) is 0.